The molecule has 25 heavy (non-hydrogen) atoms. The highest BCUT2D eigenvalue weighted by molar-refractivity contribution is 7.89. The average Bonchev–Trinajstić information content (AvgIpc) is 3.21. The van der Waals surface area contributed by atoms with Crippen LogP contribution in [0.3, 0.4) is 0 Å². The first-order valence-corrected chi connectivity index (χ1v) is 9.40. The van der Waals surface area contributed by atoms with Crippen molar-refractivity contribution >= 4 is 33.0 Å². The van der Waals surface area contributed by atoms with Crippen LogP contribution in [0.1, 0.15) is 15.4 Å². The molecule has 2 aromatic heterocycles. The second-order valence-electron chi connectivity index (χ2n) is 5.01. The third-order valence-electron chi connectivity index (χ3n) is 3.23. The number of aromatic nitrogens is 2. The Morgan fingerprint density at radius 2 is 2.08 bits per heavy atom. The largest absolute Gasteiger partial charge is 0.319 e. The number of thiazole rings is 1. The molecule has 0 aliphatic heterocycles. The van der Waals surface area contributed by atoms with Gasteiger partial charge in [-0.15, -0.1) is 11.3 Å². The van der Waals surface area contributed by atoms with Crippen molar-refractivity contribution in [1.82, 2.24) is 8.96 Å². The van der Waals surface area contributed by atoms with E-state index in [2.05, 4.69) is 10.3 Å². The smallest absolute Gasteiger partial charge is 0.284 e. The molecular formula is C15H11F2N3O3S2. The maximum atomic E-state index is 13.7. The molecule has 130 valence electrons. The fourth-order valence-electron chi connectivity index (χ4n) is 2.05. The van der Waals surface area contributed by atoms with Gasteiger partial charge in [0.15, 0.2) is 5.01 Å². The number of hydrogen-bond acceptors (Lipinski definition) is 5. The van der Waals surface area contributed by atoms with Crippen molar-refractivity contribution < 1.29 is 22.0 Å². The van der Waals surface area contributed by atoms with E-state index >= 15 is 0 Å². The molecule has 0 spiro atoms. The Hall–Kier alpha value is -2.59. The van der Waals surface area contributed by atoms with Gasteiger partial charge in [0.05, 0.1) is 11.4 Å². The molecule has 2 heterocycles. The van der Waals surface area contributed by atoms with Gasteiger partial charge in [-0.3, -0.25) is 8.77 Å². The molecule has 3 rings (SSSR count). The highest BCUT2D eigenvalue weighted by Crippen LogP contribution is 2.18. The van der Waals surface area contributed by atoms with Crippen molar-refractivity contribution in [3.05, 3.63) is 70.4 Å². The Morgan fingerprint density at radius 3 is 2.76 bits per heavy atom. The third-order valence-corrected chi connectivity index (χ3v) is 5.54. The van der Waals surface area contributed by atoms with Crippen molar-refractivity contribution in [3.8, 4) is 0 Å². The summed E-state index contributed by atoms with van der Waals surface area (Å²) in [7, 11) is -3.93. The van der Waals surface area contributed by atoms with Gasteiger partial charge in [0, 0.05) is 35.6 Å². The van der Waals surface area contributed by atoms with Gasteiger partial charge >= 0.3 is 0 Å². The number of nitrogens with zero attached hydrogens (tertiary/aromatic N) is 2. The minimum Gasteiger partial charge on any atom is -0.319 e. The second kappa shape index (κ2) is 6.73. The van der Waals surface area contributed by atoms with E-state index < -0.39 is 33.3 Å². The van der Waals surface area contributed by atoms with Gasteiger partial charge in [-0.05, 0) is 12.1 Å². The van der Waals surface area contributed by atoms with Crippen LogP contribution < -0.4 is 5.32 Å². The van der Waals surface area contributed by atoms with Crippen LogP contribution in [-0.4, -0.2) is 23.3 Å². The zero-order valence-corrected chi connectivity index (χ0v) is 14.2. The van der Waals surface area contributed by atoms with Crippen molar-refractivity contribution in [3.63, 3.8) is 0 Å². The van der Waals surface area contributed by atoms with Crippen LogP contribution in [0, 0.1) is 11.6 Å². The summed E-state index contributed by atoms with van der Waals surface area (Å²) in [6.45, 7) is 0. The minimum absolute atomic E-state index is 0.150. The molecule has 0 aliphatic carbocycles. The van der Waals surface area contributed by atoms with Crippen LogP contribution in [0.5, 0.6) is 0 Å². The van der Waals surface area contributed by atoms with E-state index in [4.69, 9.17) is 0 Å². The Balaban J connectivity index is 1.77. The summed E-state index contributed by atoms with van der Waals surface area (Å²) in [4.78, 5) is 15.7. The Morgan fingerprint density at radius 1 is 1.28 bits per heavy atom. The number of carbonyl (C=O) groups excluding carboxylic acids is 1. The third kappa shape index (κ3) is 3.91. The van der Waals surface area contributed by atoms with Gasteiger partial charge in [-0.25, -0.2) is 22.2 Å². The fourth-order valence-corrected chi connectivity index (χ4v) is 3.88. The number of anilines is 1. The van der Waals surface area contributed by atoms with E-state index in [0.717, 1.165) is 27.4 Å². The van der Waals surface area contributed by atoms with Crippen LogP contribution in [-0.2, 0) is 15.8 Å². The van der Waals surface area contributed by atoms with E-state index in [0.29, 0.717) is 6.07 Å². The Bertz CT molecular complexity index is 1010. The molecule has 0 bridgehead atoms. The number of rotatable bonds is 5. The Labute approximate surface area is 145 Å². The predicted molar refractivity (Wildman–Crippen MR) is 88.9 cm³/mol. The fraction of sp³-hybridized carbons (Fsp3) is 0.0667. The van der Waals surface area contributed by atoms with Gasteiger partial charge in [-0.2, -0.15) is 0 Å². The molecule has 3 aromatic rings. The number of hydrogen-bond donors (Lipinski definition) is 1. The molecule has 1 aromatic carbocycles. The summed E-state index contributed by atoms with van der Waals surface area (Å²) in [5.74, 6) is -2.83. The molecule has 0 saturated carbocycles. The zero-order valence-electron chi connectivity index (χ0n) is 12.5. The molecule has 0 fully saturated rings. The average molecular weight is 383 g/mol. The molecule has 0 saturated heterocycles. The number of benzene rings is 1. The molecule has 0 unspecified atom stereocenters. The van der Waals surface area contributed by atoms with Crippen LogP contribution in [0.4, 0.5) is 14.5 Å². The van der Waals surface area contributed by atoms with Gasteiger partial charge in [0.25, 0.3) is 5.91 Å². The van der Waals surface area contributed by atoms with Crippen LogP contribution in [0.2, 0.25) is 0 Å². The number of carbonyl (C=O) groups is 1. The van der Waals surface area contributed by atoms with Crippen LogP contribution in [0.25, 0.3) is 0 Å². The highest BCUT2D eigenvalue weighted by Gasteiger charge is 2.18. The summed E-state index contributed by atoms with van der Waals surface area (Å²) in [6, 6.07) is 4.09. The molecule has 0 atom stereocenters. The lowest BCUT2D eigenvalue weighted by Gasteiger charge is -2.07. The number of amides is 1. The molecular weight excluding hydrogens is 372 g/mol. The lowest BCUT2D eigenvalue weighted by molar-refractivity contribution is 0.102. The lowest BCUT2D eigenvalue weighted by atomic mass is 10.2. The number of nitrogens with one attached hydrogen (secondary N) is 1. The molecule has 1 N–H and O–H groups in total. The summed E-state index contributed by atoms with van der Waals surface area (Å²) in [5.41, 5.74) is 0.104. The van der Waals surface area contributed by atoms with Crippen molar-refractivity contribution in [2.75, 3.05) is 5.32 Å². The van der Waals surface area contributed by atoms with Gasteiger partial charge in [-0.1, -0.05) is 6.07 Å². The van der Waals surface area contributed by atoms with Crippen molar-refractivity contribution in [2.24, 2.45) is 0 Å². The van der Waals surface area contributed by atoms with Crippen LogP contribution in [0.15, 0.2) is 48.2 Å². The first kappa shape index (κ1) is 17.2. The standard InChI is InChI=1S/C15H11F2N3O3S2/c16-11-2-1-10(13(17)7-11)9-25(22,23)20-5-3-12(8-20)19-14(21)15-18-4-6-24-15/h1-8H,9H2,(H,19,21). The van der Waals surface area contributed by atoms with Gasteiger partial charge in [0.2, 0.25) is 10.0 Å². The molecule has 0 radical (unpaired) electrons. The zero-order chi connectivity index (χ0) is 18.0. The normalized spacial score (nSPS) is 11.4. The maximum absolute atomic E-state index is 13.7. The monoisotopic (exact) mass is 383 g/mol. The topological polar surface area (TPSA) is 81.1 Å². The predicted octanol–water partition coefficient (Wildman–Crippen LogP) is 2.85. The molecule has 1 amide bonds. The molecule has 0 aliphatic rings. The molecule has 6 nitrogen and oxygen atoms in total. The van der Waals surface area contributed by atoms with Crippen molar-refractivity contribution in [2.45, 2.75) is 5.75 Å². The van der Waals surface area contributed by atoms with Crippen LogP contribution >= 0.6 is 11.3 Å². The minimum atomic E-state index is -3.93. The van der Waals surface area contributed by atoms with Crippen molar-refractivity contribution in [1.29, 1.82) is 0 Å². The van der Waals surface area contributed by atoms with Gasteiger partial charge < -0.3 is 5.32 Å². The number of halogens is 2. The van der Waals surface area contributed by atoms with E-state index in [9.17, 15) is 22.0 Å². The van der Waals surface area contributed by atoms with Gasteiger partial charge in [0.1, 0.15) is 11.6 Å². The first-order valence-electron chi connectivity index (χ1n) is 6.91. The summed E-state index contributed by atoms with van der Waals surface area (Å²) in [6.07, 6.45) is 3.91. The quantitative estimate of drug-likeness (QED) is 0.735. The summed E-state index contributed by atoms with van der Waals surface area (Å²) < 4.78 is 52.1. The van der Waals surface area contributed by atoms with E-state index in [1.165, 1.54) is 24.7 Å². The summed E-state index contributed by atoms with van der Waals surface area (Å²) >= 11 is 1.15. The van der Waals surface area contributed by atoms with E-state index in [1.54, 1.807) is 5.38 Å². The first-order chi connectivity index (χ1) is 11.8. The highest BCUT2D eigenvalue weighted by atomic mass is 32.2. The second-order valence-corrected chi connectivity index (χ2v) is 7.78. The SMILES string of the molecule is O=C(Nc1ccn(S(=O)(=O)Cc2ccc(F)cc2F)c1)c1nccs1. The molecule has 10 heteroatoms. The van der Waals surface area contributed by atoms with E-state index in [1.807, 2.05) is 0 Å². The summed E-state index contributed by atoms with van der Waals surface area (Å²) in [5, 5.41) is 4.40. The van der Waals surface area contributed by atoms with E-state index in [-0.39, 0.29) is 16.3 Å². The maximum Gasteiger partial charge on any atom is 0.284 e. The Kier molecular flexibility index (Phi) is 4.64. The lowest BCUT2D eigenvalue weighted by Crippen LogP contribution is -2.15.